The van der Waals surface area contributed by atoms with Crippen molar-refractivity contribution in [1.29, 1.82) is 0 Å². The maximum atomic E-state index is 12.4. The Balaban J connectivity index is 1.47. The molecule has 0 unspecified atom stereocenters. The van der Waals surface area contributed by atoms with Crippen LogP contribution in [-0.4, -0.2) is 36.7 Å². The van der Waals surface area contributed by atoms with Crippen molar-refractivity contribution in [3.8, 4) is 0 Å². The molecular formula is C21H28O9P2. The van der Waals surface area contributed by atoms with Crippen molar-refractivity contribution in [2.24, 2.45) is 29.1 Å². The number of carbonyl (C=O) groups excluding carboxylic acids is 2. The topological polar surface area (TPSA) is 158 Å². The summed E-state index contributed by atoms with van der Waals surface area (Å²) in [6.07, 6.45) is 10.6. The molecule has 0 bridgehead atoms. The number of esters is 1. The molecule has 0 heterocycles. The molecule has 4 rings (SSSR count). The molecule has 32 heavy (non-hydrogen) atoms. The summed E-state index contributed by atoms with van der Waals surface area (Å²) in [6.45, 7) is 2.11. The molecule has 0 spiro atoms. The lowest BCUT2D eigenvalue weighted by molar-refractivity contribution is -0.139. The van der Waals surface area contributed by atoms with E-state index in [1.807, 2.05) is 6.08 Å². The third-order valence-electron chi connectivity index (χ3n) is 7.81. The van der Waals surface area contributed by atoms with Crippen molar-refractivity contribution >= 4 is 26.9 Å². The van der Waals surface area contributed by atoms with E-state index in [1.54, 1.807) is 12.2 Å². The van der Waals surface area contributed by atoms with Crippen LogP contribution in [-0.2, 0) is 23.5 Å². The summed E-state index contributed by atoms with van der Waals surface area (Å²) >= 11 is 0. The molecule has 0 saturated heterocycles. The first kappa shape index (κ1) is 23.8. The average Bonchev–Trinajstić information content (AvgIpc) is 2.99. The molecule has 4 aliphatic rings. The van der Waals surface area contributed by atoms with Crippen LogP contribution in [0, 0.1) is 29.1 Å². The van der Waals surface area contributed by atoms with Crippen LogP contribution in [0.2, 0.25) is 0 Å². The SMILES string of the molecule is C[C@]12CC[C@H]3[C@@H](CC=C4C=C(OC(=O)CC(P(=O)(O)O)P(=O)(O)O)C=C[C@@H]43)[C@@H]1CCC2=O. The van der Waals surface area contributed by atoms with Gasteiger partial charge in [0, 0.05) is 17.8 Å². The van der Waals surface area contributed by atoms with Gasteiger partial charge < -0.3 is 24.3 Å². The van der Waals surface area contributed by atoms with E-state index in [1.165, 1.54) is 0 Å². The van der Waals surface area contributed by atoms with Gasteiger partial charge in [-0.25, -0.2) is 0 Å². The van der Waals surface area contributed by atoms with Crippen LogP contribution in [0.3, 0.4) is 0 Å². The first-order valence-electron chi connectivity index (χ1n) is 10.7. The molecule has 4 aliphatic carbocycles. The van der Waals surface area contributed by atoms with Gasteiger partial charge in [-0.1, -0.05) is 19.1 Å². The maximum Gasteiger partial charge on any atom is 0.341 e. The van der Waals surface area contributed by atoms with Crippen molar-refractivity contribution < 1.29 is 43.0 Å². The lowest BCUT2D eigenvalue weighted by Gasteiger charge is -2.50. The van der Waals surface area contributed by atoms with Crippen LogP contribution in [0.1, 0.15) is 45.4 Å². The maximum absolute atomic E-state index is 12.4. The number of rotatable bonds is 5. The van der Waals surface area contributed by atoms with Crippen molar-refractivity contribution in [3.05, 3.63) is 35.6 Å². The molecular weight excluding hydrogens is 458 g/mol. The standard InChI is InChI=1S/C21H28O9P2/c1-21-9-8-15-14-5-3-13(30-19(23)11-20(31(24,25)26)32(27,28)29)10-12(14)2-4-16(15)17(21)6-7-18(21)22/h2-3,5,10,14-17,20H,4,6-9,11H2,1H3,(H2,24,25,26)(H2,27,28,29)/t14-,15+,16+,17-,21-/m0/s1. The van der Waals surface area contributed by atoms with Crippen molar-refractivity contribution in [2.75, 3.05) is 0 Å². The van der Waals surface area contributed by atoms with E-state index in [0.717, 1.165) is 31.3 Å². The van der Waals surface area contributed by atoms with Crippen molar-refractivity contribution in [3.63, 3.8) is 0 Å². The smallest absolute Gasteiger partial charge is 0.341 e. The minimum atomic E-state index is -5.20. The van der Waals surface area contributed by atoms with E-state index in [2.05, 4.69) is 13.0 Å². The fourth-order valence-corrected chi connectivity index (χ4v) is 8.51. The van der Waals surface area contributed by atoms with Crippen LogP contribution in [0.15, 0.2) is 35.6 Å². The van der Waals surface area contributed by atoms with Gasteiger partial charge in [-0.3, -0.25) is 18.7 Å². The predicted molar refractivity (Wildman–Crippen MR) is 114 cm³/mol. The minimum absolute atomic E-state index is 0.148. The highest BCUT2D eigenvalue weighted by molar-refractivity contribution is 7.70. The Hall–Kier alpha value is -1.34. The third kappa shape index (κ3) is 4.27. The first-order valence-corrected chi connectivity index (χ1v) is 14.1. The molecule has 0 aliphatic heterocycles. The molecule has 5 atom stereocenters. The van der Waals surface area contributed by atoms with E-state index in [-0.39, 0.29) is 17.1 Å². The van der Waals surface area contributed by atoms with E-state index in [0.29, 0.717) is 30.0 Å². The molecule has 0 aromatic carbocycles. The van der Waals surface area contributed by atoms with E-state index < -0.39 is 33.0 Å². The molecule has 2 saturated carbocycles. The van der Waals surface area contributed by atoms with Crippen LogP contribution in [0.5, 0.6) is 0 Å². The van der Waals surface area contributed by atoms with Gasteiger partial charge in [-0.2, -0.15) is 0 Å². The Kier molecular flexibility index (Phi) is 6.07. The first-order chi connectivity index (χ1) is 14.8. The number of ether oxygens (including phenoxy) is 1. The molecule has 0 aromatic heterocycles. The van der Waals surface area contributed by atoms with Crippen molar-refractivity contribution in [1.82, 2.24) is 0 Å². The number of ketones is 1. The Morgan fingerprint density at radius 3 is 2.53 bits per heavy atom. The van der Waals surface area contributed by atoms with Gasteiger partial charge in [0.05, 0.1) is 6.42 Å². The second kappa shape index (κ2) is 8.15. The van der Waals surface area contributed by atoms with Gasteiger partial charge in [0.2, 0.25) is 0 Å². The van der Waals surface area contributed by atoms with Crippen molar-refractivity contribution in [2.45, 2.75) is 50.8 Å². The van der Waals surface area contributed by atoms with E-state index in [4.69, 9.17) is 4.74 Å². The fraction of sp³-hybridized carbons (Fsp3) is 0.619. The van der Waals surface area contributed by atoms with Crippen LogP contribution in [0.4, 0.5) is 0 Å². The number of Topliss-reactive ketones (excluding diaryl/α,β-unsaturated/α-hetero) is 1. The number of fused-ring (bicyclic) bond motifs is 5. The zero-order valence-corrected chi connectivity index (χ0v) is 19.5. The molecule has 11 heteroatoms. The quantitative estimate of drug-likeness (QED) is 0.338. The van der Waals surface area contributed by atoms with E-state index >= 15 is 0 Å². The highest BCUT2D eigenvalue weighted by atomic mass is 31.2. The summed E-state index contributed by atoms with van der Waals surface area (Å²) in [7, 11) is -10.4. The van der Waals surface area contributed by atoms with Gasteiger partial charge in [0.1, 0.15) is 11.5 Å². The normalized spacial score (nSPS) is 34.4. The Bertz CT molecular complexity index is 994. The van der Waals surface area contributed by atoms with E-state index in [9.17, 15) is 38.3 Å². The lowest BCUT2D eigenvalue weighted by atomic mass is 9.54. The number of carbonyl (C=O) groups is 2. The summed E-state index contributed by atoms with van der Waals surface area (Å²) in [4.78, 5) is 61.3. The third-order valence-corrected chi connectivity index (χ3v) is 11.5. The molecule has 0 aromatic rings. The fourth-order valence-electron chi connectivity index (χ4n) is 6.17. The highest BCUT2D eigenvalue weighted by Crippen LogP contribution is 2.62. The van der Waals surface area contributed by atoms with Crippen LogP contribution >= 0.6 is 15.2 Å². The number of hydrogen-bond donors (Lipinski definition) is 4. The summed E-state index contributed by atoms with van der Waals surface area (Å²) in [6, 6.07) is 0. The summed E-state index contributed by atoms with van der Waals surface area (Å²) < 4.78 is 27.9. The summed E-state index contributed by atoms with van der Waals surface area (Å²) in [5.74, 6) is 0.800. The molecule has 0 amide bonds. The Morgan fingerprint density at radius 2 is 1.88 bits per heavy atom. The van der Waals surface area contributed by atoms with Gasteiger partial charge in [0.25, 0.3) is 0 Å². The zero-order chi connectivity index (χ0) is 23.5. The predicted octanol–water partition coefficient (Wildman–Crippen LogP) is 3.01. The van der Waals surface area contributed by atoms with Crippen LogP contribution in [0.25, 0.3) is 0 Å². The number of allylic oxidation sites excluding steroid dienone is 5. The average molecular weight is 486 g/mol. The number of hydrogen-bond acceptors (Lipinski definition) is 5. The molecule has 2 fully saturated rings. The monoisotopic (exact) mass is 486 g/mol. The molecule has 0 radical (unpaired) electrons. The Morgan fingerprint density at radius 1 is 1.19 bits per heavy atom. The molecule has 9 nitrogen and oxygen atoms in total. The molecule has 176 valence electrons. The summed E-state index contributed by atoms with van der Waals surface area (Å²) in [5, 5.41) is -2.43. The van der Waals surface area contributed by atoms with Gasteiger partial charge >= 0.3 is 21.2 Å². The minimum Gasteiger partial charge on any atom is -0.426 e. The van der Waals surface area contributed by atoms with Gasteiger partial charge in [-0.05, 0) is 61.2 Å². The highest BCUT2D eigenvalue weighted by Gasteiger charge is 2.55. The Labute approximate surface area is 185 Å². The summed E-state index contributed by atoms with van der Waals surface area (Å²) in [5.41, 5.74) is 0.779. The zero-order valence-electron chi connectivity index (χ0n) is 17.7. The largest absolute Gasteiger partial charge is 0.426 e. The van der Waals surface area contributed by atoms with Crippen LogP contribution < -0.4 is 0 Å². The second-order valence-corrected chi connectivity index (χ2v) is 13.6. The van der Waals surface area contributed by atoms with Gasteiger partial charge in [0.15, 0.2) is 5.40 Å². The second-order valence-electron chi connectivity index (χ2n) is 9.56. The van der Waals surface area contributed by atoms with Gasteiger partial charge in [-0.15, -0.1) is 0 Å². The molecule has 4 N–H and O–H groups in total. The lowest BCUT2D eigenvalue weighted by Crippen LogP contribution is -2.45.